The van der Waals surface area contributed by atoms with E-state index in [0.717, 1.165) is 40.6 Å². The summed E-state index contributed by atoms with van der Waals surface area (Å²) in [6.45, 7) is 0. The Morgan fingerprint density at radius 1 is 1.28 bits per heavy atom. The average molecular weight is 258 g/mol. The summed E-state index contributed by atoms with van der Waals surface area (Å²) in [5.41, 5.74) is 3.73. The predicted molar refractivity (Wildman–Crippen MR) is 72.6 cm³/mol. The third-order valence-electron chi connectivity index (χ3n) is 4.21. The van der Waals surface area contributed by atoms with Crippen molar-refractivity contribution >= 4 is 33.1 Å². The number of aromatic nitrogens is 1. The molecule has 0 spiro atoms. The highest BCUT2D eigenvalue weighted by molar-refractivity contribution is 7.16. The molecule has 0 radical (unpaired) electrons. The summed E-state index contributed by atoms with van der Waals surface area (Å²) in [5.74, 6) is 2.14. The van der Waals surface area contributed by atoms with E-state index in [1.54, 1.807) is 11.3 Å². The maximum atomic E-state index is 12.1. The van der Waals surface area contributed by atoms with Gasteiger partial charge in [-0.05, 0) is 49.3 Å². The topological polar surface area (TPSA) is 42.0 Å². The highest BCUT2D eigenvalue weighted by atomic mass is 32.1. The van der Waals surface area contributed by atoms with E-state index < -0.39 is 0 Å². The first-order valence-electron chi connectivity index (χ1n) is 6.44. The fourth-order valence-corrected chi connectivity index (χ4v) is 3.82. The number of hydrogen-bond donors (Lipinski definition) is 1. The molecule has 18 heavy (non-hydrogen) atoms. The van der Waals surface area contributed by atoms with E-state index in [-0.39, 0.29) is 11.8 Å². The van der Waals surface area contributed by atoms with Crippen molar-refractivity contribution in [2.24, 2.45) is 17.8 Å². The molecule has 2 aromatic rings. The van der Waals surface area contributed by atoms with Gasteiger partial charge in [0.05, 0.1) is 15.7 Å². The van der Waals surface area contributed by atoms with Crippen molar-refractivity contribution < 1.29 is 4.79 Å². The van der Waals surface area contributed by atoms with Gasteiger partial charge in [-0.15, -0.1) is 11.3 Å². The van der Waals surface area contributed by atoms with Crippen LogP contribution < -0.4 is 5.32 Å². The summed E-state index contributed by atoms with van der Waals surface area (Å²) < 4.78 is 1.13. The normalized spacial score (nSPS) is 29.2. The van der Waals surface area contributed by atoms with Gasteiger partial charge < -0.3 is 5.32 Å². The summed E-state index contributed by atoms with van der Waals surface area (Å²) in [7, 11) is 0. The lowest BCUT2D eigenvalue weighted by atomic mass is 10.0. The van der Waals surface area contributed by atoms with Crippen LogP contribution in [0.5, 0.6) is 0 Å². The minimum Gasteiger partial charge on any atom is -0.326 e. The highest BCUT2D eigenvalue weighted by Crippen LogP contribution is 2.54. The molecule has 0 aliphatic heterocycles. The molecule has 92 valence electrons. The van der Waals surface area contributed by atoms with Crippen molar-refractivity contribution in [3.63, 3.8) is 0 Å². The van der Waals surface area contributed by atoms with Gasteiger partial charge in [-0.2, -0.15) is 0 Å². The number of carbonyl (C=O) groups is 1. The highest BCUT2D eigenvalue weighted by Gasteiger charge is 2.47. The summed E-state index contributed by atoms with van der Waals surface area (Å²) in [6.07, 6.45) is 3.55. The SMILES string of the molecule is O=C(Nc1ccc2ncsc2c1)C1CC2CC2C1. The summed E-state index contributed by atoms with van der Waals surface area (Å²) in [5, 5.41) is 3.05. The molecule has 1 N–H and O–H groups in total. The quantitative estimate of drug-likeness (QED) is 0.898. The van der Waals surface area contributed by atoms with E-state index in [4.69, 9.17) is 0 Å². The maximum absolute atomic E-state index is 12.1. The van der Waals surface area contributed by atoms with Crippen LogP contribution in [0.15, 0.2) is 23.7 Å². The largest absolute Gasteiger partial charge is 0.326 e. The second-order valence-corrected chi connectivity index (χ2v) is 6.33. The molecule has 1 amide bonds. The summed E-state index contributed by atoms with van der Waals surface area (Å²) in [4.78, 5) is 16.4. The second kappa shape index (κ2) is 3.79. The maximum Gasteiger partial charge on any atom is 0.227 e. The molecule has 1 aromatic heterocycles. The van der Waals surface area contributed by atoms with E-state index >= 15 is 0 Å². The smallest absolute Gasteiger partial charge is 0.227 e. The number of anilines is 1. The first-order chi connectivity index (χ1) is 8.79. The van der Waals surface area contributed by atoms with Gasteiger partial charge in [0, 0.05) is 11.6 Å². The third-order valence-corrected chi connectivity index (χ3v) is 5.00. The van der Waals surface area contributed by atoms with Crippen LogP contribution in [0.2, 0.25) is 0 Å². The molecule has 4 heteroatoms. The minimum atomic E-state index is 0.200. The Labute approximate surface area is 109 Å². The number of benzene rings is 1. The second-order valence-electron chi connectivity index (χ2n) is 5.45. The Balaban J connectivity index is 1.51. The van der Waals surface area contributed by atoms with Crippen LogP contribution in [-0.2, 0) is 4.79 Å². The first-order valence-corrected chi connectivity index (χ1v) is 7.31. The van der Waals surface area contributed by atoms with Gasteiger partial charge in [0.1, 0.15) is 0 Å². The number of amides is 1. The van der Waals surface area contributed by atoms with Gasteiger partial charge in [0.2, 0.25) is 5.91 Å². The molecule has 2 unspecified atom stereocenters. The van der Waals surface area contributed by atoms with Gasteiger partial charge in [0.25, 0.3) is 0 Å². The first kappa shape index (κ1) is 10.5. The number of hydrogen-bond acceptors (Lipinski definition) is 3. The van der Waals surface area contributed by atoms with Gasteiger partial charge in [-0.3, -0.25) is 4.79 Å². The number of thiazole rings is 1. The van der Waals surface area contributed by atoms with E-state index in [1.165, 1.54) is 6.42 Å². The Morgan fingerprint density at radius 2 is 2.11 bits per heavy atom. The molecule has 2 aliphatic rings. The number of nitrogens with zero attached hydrogens (tertiary/aromatic N) is 1. The van der Waals surface area contributed by atoms with Crippen LogP contribution in [-0.4, -0.2) is 10.9 Å². The molecule has 1 aromatic carbocycles. The molecule has 2 saturated carbocycles. The van der Waals surface area contributed by atoms with Crippen molar-refractivity contribution in [1.29, 1.82) is 0 Å². The molecule has 2 fully saturated rings. The lowest BCUT2D eigenvalue weighted by Gasteiger charge is -2.12. The monoisotopic (exact) mass is 258 g/mol. The average Bonchev–Trinajstić information content (AvgIpc) is 2.79. The summed E-state index contributed by atoms with van der Waals surface area (Å²) in [6, 6.07) is 5.92. The van der Waals surface area contributed by atoms with Crippen LogP contribution in [0.4, 0.5) is 5.69 Å². The van der Waals surface area contributed by atoms with Crippen molar-refractivity contribution in [3.05, 3.63) is 23.7 Å². The van der Waals surface area contributed by atoms with Crippen molar-refractivity contribution in [1.82, 2.24) is 4.98 Å². The molecule has 1 heterocycles. The fourth-order valence-electron chi connectivity index (χ4n) is 3.11. The van der Waals surface area contributed by atoms with Crippen molar-refractivity contribution in [2.45, 2.75) is 19.3 Å². The van der Waals surface area contributed by atoms with Gasteiger partial charge >= 0.3 is 0 Å². The zero-order valence-corrected chi connectivity index (χ0v) is 10.7. The Morgan fingerprint density at radius 3 is 2.94 bits per heavy atom. The van der Waals surface area contributed by atoms with E-state index in [9.17, 15) is 4.79 Å². The molecule has 3 nitrogen and oxygen atoms in total. The standard InChI is InChI=1S/C14H14N2OS/c17-14(10-4-8-3-9(8)5-10)16-11-1-2-12-13(6-11)18-7-15-12/h1-2,6-10H,3-5H2,(H,16,17). The van der Waals surface area contributed by atoms with Crippen molar-refractivity contribution in [2.75, 3.05) is 5.32 Å². The zero-order chi connectivity index (χ0) is 12.1. The van der Waals surface area contributed by atoms with Gasteiger partial charge in [0.15, 0.2) is 0 Å². The van der Waals surface area contributed by atoms with Crippen LogP contribution >= 0.6 is 11.3 Å². The van der Waals surface area contributed by atoms with Crippen molar-refractivity contribution in [3.8, 4) is 0 Å². The molecular formula is C14H14N2OS. The van der Waals surface area contributed by atoms with E-state index in [0.29, 0.717) is 0 Å². The Hall–Kier alpha value is -1.42. The molecule has 0 saturated heterocycles. The van der Waals surface area contributed by atoms with Crippen LogP contribution in [0, 0.1) is 17.8 Å². The zero-order valence-electron chi connectivity index (χ0n) is 9.93. The predicted octanol–water partition coefficient (Wildman–Crippen LogP) is 3.28. The Bertz CT molecular complexity index is 611. The number of nitrogens with one attached hydrogen (secondary N) is 1. The summed E-state index contributed by atoms with van der Waals surface area (Å²) >= 11 is 1.61. The number of carbonyl (C=O) groups excluding carboxylic acids is 1. The fraction of sp³-hybridized carbons (Fsp3) is 0.429. The molecular weight excluding hydrogens is 244 g/mol. The number of fused-ring (bicyclic) bond motifs is 2. The van der Waals surface area contributed by atoms with Gasteiger partial charge in [-0.25, -0.2) is 4.98 Å². The molecule has 2 atom stereocenters. The minimum absolute atomic E-state index is 0.200. The van der Waals surface area contributed by atoms with E-state index in [2.05, 4.69) is 10.3 Å². The van der Waals surface area contributed by atoms with Crippen LogP contribution in [0.1, 0.15) is 19.3 Å². The molecule has 0 bridgehead atoms. The molecule has 4 rings (SSSR count). The Kier molecular flexibility index (Phi) is 2.21. The van der Waals surface area contributed by atoms with Crippen LogP contribution in [0.25, 0.3) is 10.2 Å². The lowest BCUT2D eigenvalue weighted by molar-refractivity contribution is -0.120. The number of rotatable bonds is 2. The molecule has 2 aliphatic carbocycles. The van der Waals surface area contributed by atoms with Gasteiger partial charge in [-0.1, -0.05) is 0 Å². The van der Waals surface area contributed by atoms with E-state index in [1.807, 2.05) is 23.7 Å². The lowest BCUT2D eigenvalue weighted by Crippen LogP contribution is -2.21. The van der Waals surface area contributed by atoms with Crippen LogP contribution in [0.3, 0.4) is 0 Å². The third kappa shape index (κ3) is 1.72.